The molecule has 2 aromatic rings. The van der Waals surface area contributed by atoms with Crippen molar-refractivity contribution in [3.8, 4) is 23.7 Å². The van der Waals surface area contributed by atoms with Crippen LogP contribution in [0.25, 0.3) is 0 Å². The van der Waals surface area contributed by atoms with Gasteiger partial charge in [0, 0.05) is 22.4 Å². The molecule has 0 bridgehead atoms. The molecule has 0 aliphatic heterocycles. The minimum Gasteiger partial charge on any atom is -0.399 e. The van der Waals surface area contributed by atoms with Gasteiger partial charge in [0.15, 0.2) is 0 Å². The van der Waals surface area contributed by atoms with Crippen LogP contribution in [0.1, 0.15) is 21.5 Å². The third kappa shape index (κ3) is 5.91. The number of hydroxylamine groups is 1. The Balaban J connectivity index is 2.00. The van der Waals surface area contributed by atoms with Crippen molar-refractivity contribution in [2.24, 2.45) is 0 Å². The zero-order chi connectivity index (χ0) is 19.6. The highest BCUT2D eigenvalue weighted by atomic mass is 16.5. The van der Waals surface area contributed by atoms with Crippen LogP contribution in [0.2, 0.25) is 0 Å². The molecule has 0 heterocycles. The summed E-state index contributed by atoms with van der Waals surface area (Å²) in [7, 11) is 0. The van der Waals surface area contributed by atoms with E-state index >= 15 is 0 Å². The Morgan fingerprint density at radius 3 is 1.96 bits per heavy atom. The molecule has 0 spiro atoms. The maximum Gasteiger partial charge on any atom is 0.268 e. The molecule has 0 aliphatic rings. The lowest BCUT2D eigenvalue weighted by Gasteiger charge is -2.13. The average molecular weight is 363 g/mol. The van der Waals surface area contributed by atoms with E-state index < -0.39 is 24.5 Å². The molecule has 0 fully saturated rings. The summed E-state index contributed by atoms with van der Waals surface area (Å²) in [5.41, 5.74) is 9.37. The van der Waals surface area contributed by atoms with Gasteiger partial charge in [0.25, 0.3) is 11.8 Å². The summed E-state index contributed by atoms with van der Waals surface area (Å²) in [4.78, 5) is 23.3. The van der Waals surface area contributed by atoms with Gasteiger partial charge in [-0.05, 0) is 60.4 Å². The highest BCUT2D eigenvalue weighted by Gasteiger charge is 2.19. The molecule has 2 aromatic carbocycles. The topological polar surface area (TPSA) is 125 Å². The zero-order valence-corrected chi connectivity index (χ0v) is 14.2. The molecule has 0 aliphatic carbocycles. The van der Waals surface area contributed by atoms with E-state index in [9.17, 15) is 9.59 Å². The quantitative estimate of drug-likeness (QED) is 0.231. The molecule has 1 atom stereocenters. The summed E-state index contributed by atoms with van der Waals surface area (Å²) < 4.78 is 0. The molecule has 2 rings (SSSR count). The number of anilines is 1. The monoisotopic (exact) mass is 363 g/mol. The fraction of sp³-hybridized carbons (Fsp3) is 0.100. The van der Waals surface area contributed by atoms with Crippen molar-refractivity contribution in [3.63, 3.8) is 0 Å². The van der Waals surface area contributed by atoms with Crippen LogP contribution in [0.15, 0.2) is 48.5 Å². The number of carbonyl (C=O) groups is 2. The highest BCUT2D eigenvalue weighted by molar-refractivity contribution is 5.97. The summed E-state index contributed by atoms with van der Waals surface area (Å²) in [5, 5.41) is 19.9. The van der Waals surface area contributed by atoms with Crippen molar-refractivity contribution in [3.05, 3.63) is 65.2 Å². The molecule has 0 saturated carbocycles. The Morgan fingerprint density at radius 2 is 1.48 bits per heavy atom. The number of hydrogen-bond donors (Lipinski definition) is 5. The molecule has 7 nitrogen and oxygen atoms in total. The van der Waals surface area contributed by atoms with E-state index in [1.54, 1.807) is 36.4 Å². The summed E-state index contributed by atoms with van der Waals surface area (Å²) in [6.45, 7) is -0.644. The van der Waals surface area contributed by atoms with Crippen LogP contribution in [-0.2, 0) is 4.79 Å². The van der Waals surface area contributed by atoms with Gasteiger partial charge in [0.2, 0.25) is 0 Å². The second-order valence-electron chi connectivity index (χ2n) is 5.38. The maximum atomic E-state index is 12.0. The first-order valence-corrected chi connectivity index (χ1v) is 7.87. The van der Waals surface area contributed by atoms with Crippen LogP contribution in [0.3, 0.4) is 0 Å². The first-order valence-electron chi connectivity index (χ1n) is 7.87. The van der Waals surface area contributed by atoms with Gasteiger partial charge < -0.3 is 16.2 Å². The first-order chi connectivity index (χ1) is 13.0. The summed E-state index contributed by atoms with van der Waals surface area (Å²) >= 11 is 0. The highest BCUT2D eigenvalue weighted by Crippen LogP contribution is 2.05. The number of aliphatic hydroxyl groups is 1. The molecule has 0 radical (unpaired) electrons. The van der Waals surface area contributed by atoms with Crippen molar-refractivity contribution in [1.29, 1.82) is 0 Å². The number of nitrogens with one attached hydrogen (secondary N) is 2. The number of rotatable bonds is 4. The number of aliphatic hydroxyl groups excluding tert-OH is 1. The van der Waals surface area contributed by atoms with Gasteiger partial charge in [-0.2, -0.15) is 0 Å². The molecule has 0 aromatic heterocycles. The largest absolute Gasteiger partial charge is 0.399 e. The minimum absolute atomic E-state index is 0.276. The normalized spacial score (nSPS) is 10.4. The predicted molar refractivity (Wildman–Crippen MR) is 99.3 cm³/mol. The molecular formula is C20H17N3O4. The van der Waals surface area contributed by atoms with Gasteiger partial charge >= 0.3 is 0 Å². The Hall–Kier alpha value is -3.78. The fourth-order valence-corrected chi connectivity index (χ4v) is 1.99. The number of nitrogen functional groups attached to an aromatic ring is 1. The van der Waals surface area contributed by atoms with Crippen LogP contribution in [-0.4, -0.2) is 34.8 Å². The first kappa shape index (κ1) is 19.5. The molecule has 0 saturated heterocycles. The van der Waals surface area contributed by atoms with Gasteiger partial charge in [-0.15, -0.1) is 0 Å². The smallest absolute Gasteiger partial charge is 0.268 e. The maximum absolute atomic E-state index is 12.0. The van der Waals surface area contributed by atoms with E-state index in [-0.39, 0.29) is 5.56 Å². The second-order valence-corrected chi connectivity index (χ2v) is 5.38. The number of carbonyl (C=O) groups excluding carboxylic acids is 2. The summed E-state index contributed by atoms with van der Waals surface area (Å²) in [5.74, 6) is 9.72. The molecule has 136 valence electrons. The van der Waals surface area contributed by atoms with Crippen molar-refractivity contribution in [2.75, 3.05) is 12.3 Å². The van der Waals surface area contributed by atoms with Gasteiger partial charge in [-0.25, -0.2) is 5.48 Å². The Bertz CT molecular complexity index is 930. The molecule has 2 amide bonds. The Kier molecular flexibility index (Phi) is 6.98. The van der Waals surface area contributed by atoms with Gasteiger partial charge in [0.1, 0.15) is 6.04 Å². The molecule has 7 heteroatoms. The Labute approximate surface area is 156 Å². The number of benzene rings is 2. The van der Waals surface area contributed by atoms with Crippen LogP contribution < -0.4 is 16.5 Å². The van der Waals surface area contributed by atoms with Crippen molar-refractivity contribution in [1.82, 2.24) is 10.8 Å². The predicted octanol–water partition coefficient (Wildman–Crippen LogP) is 0.268. The van der Waals surface area contributed by atoms with E-state index in [0.717, 1.165) is 5.56 Å². The van der Waals surface area contributed by atoms with Crippen LogP contribution in [0.4, 0.5) is 5.69 Å². The van der Waals surface area contributed by atoms with Gasteiger partial charge in [-0.1, -0.05) is 11.8 Å². The average Bonchev–Trinajstić information content (AvgIpc) is 2.70. The van der Waals surface area contributed by atoms with E-state index in [1.807, 2.05) is 0 Å². The lowest BCUT2D eigenvalue weighted by molar-refractivity contribution is -0.132. The van der Waals surface area contributed by atoms with Crippen molar-refractivity contribution < 1.29 is 19.9 Å². The lowest BCUT2D eigenvalue weighted by Crippen LogP contribution is -2.48. The summed E-state index contributed by atoms with van der Waals surface area (Å²) in [6, 6.07) is 12.2. The number of nitrogens with two attached hydrogens (primary N) is 1. The number of amides is 2. The van der Waals surface area contributed by atoms with Crippen LogP contribution in [0.5, 0.6) is 0 Å². The molecule has 6 N–H and O–H groups in total. The molecule has 27 heavy (non-hydrogen) atoms. The SMILES string of the molecule is Nc1ccc(C#CC#Cc2ccc(C(=O)NC(CO)C(=O)NO)cc2)cc1. The minimum atomic E-state index is -1.24. The molecular weight excluding hydrogens is 346 g/mol. The van der Waals surface area contributed by atoms with E-state index in [0.29, 0.717) is 11.3 Å². The van der Waals surface area contributed by atoms with Crippen LogP contribution >= 0.6 is 0 Å². The van der Waals surface area contributed by atoms with Crippen molar-refractivity contribution in [2.45, 2.75) is 6.04 Å². The fourth-order valence-electron chi connectivity index (χ4n) is 1.99. The number of hydrogen-bond acceptors (Lipinski definition) is 5. The second kappa shape index (κ2) is 9.64. The van der Waals surface area contributed by atoms with E-state index in [4.69, 9.17) is 16.0 Å². The van der Waals surface area contributed by atoms with E-state index in [1.165, 1.54) is 17.6 Å². The van der Waals surface area contributed by atoms with Gasteiger partial charge in [-0.3, -0.25) is 14.8 Å². The molecule has 1 unspecified atom stereocenters. The Morgan fingerprint density at radius 1 is 0.963 bits per heavy atom. The van der Waals surface area contributed by atoms with Crippen LogP contribution in [0, 0.1) is 23.7 Å². The third-order valence-electron chi connectivity index (χ3n) is 3.45. The lowest BCUT2D eigenvalue weighted by atomic mass is 10.1. The third-order valence-corrected chi connectivity index (χ3v) is 3.45. The zero-order valence-electron chi connectivity index (χ0n) is 14.2. The van der Waals surface area contributed by atoms with E-state index in [2.05, 4.69) is 29.0 Å². The van der Waals surface area contributed by atoms with Gasteiger partial charge in [0.05, 0.1) is 6.61 Å². The summed E-state index contributed by atoms with van der Waals surface area (Å²) in [6.07, 6.45) is 0. The van der Waals surface area contributed by atoms with Crippen molar-refractivity contribution >= 4 is 17.5 Å². The standard InChI is InChI=1S/C20H17N3O4/c21-17-11-7-15(8-12-17)4-2-1-3-14-5-9-16(10-6-14)19(25)22-18(13-24)20(26)23-27/h5-12,18,24,27H,13,21H2,(H,22,25)(H,23,26).